The van der Waals surface area contributed by atoms with Gasteiger partial charge in [-0.2, -0.15) is 0 Å². The highest BCUT2D eigenvalue weighted by molar-refractivity contribution is 5.96. The van der Waals surface area contributed by atoms with Crippen molar-refractivity contribution in [3.8, 4) is 0 Å². The summed E-state index contributed by atoms with van der Waals surface area (Å²) in [7, 11) is 1.30. The van der Waals surface area contributed by atoms with E-state index < -0.39 is 11.4 Å². The number of hydrogen-bond acceptors (Lipinski definition) is 4. The van der Waals surface area contributed by atoms with Gasteiger partial charge < -0.3 is 9.84 Å². The molecular weight excluding hydrogens is 184 g/mol. The van der Waals surface area contributed by atoms with Crippen molar-refractivity contribution < 1.29 is 19.4 Å². The Morgan fingerprint density at radius 2 is 2.43 bits per heavy atom. The number of ether oxygens (including phenoxy) is 1. The summed E-state index contributed by atoms with van der Waals surface area (Å²) in [5.41, 5.74) is -0.887. The average Bonchev–Trinajstić information content (AvgIpc) is 2.88. The largest absolute Gasteiger partial charge is 0.468 e. The van der Waals surface area contributed by atoms with E-state index in [4.69, 9.17) is 0 Å². The molecule has 2 rings (SSSR count). The SMILES string of the molecule is COC(=O)[C@]1(CO)[C@@H]2CCCC(=O)[C@@H]21. The van der Waals surface area contributed by atoms with E-state index in [1.165, 1.54) is 7.11 Å². The lowest BCUT2D eigenvalue weighted by atomic mass is 10.00. The molecule has 4 heteroatoms. The molecule has 14 heavy (non-hydrogen) atoms. The first-order chi connectivity index (χ1) is 6.68. The fourth-order valence-corrected chi connectivity index (χ4v) is 2.85. The van der Waals surface area contributed by atoms with Crippen LogP contribution in [0.4, 0.5) is 0 Å². The summed E-state index contributed by atoms with van der Waals surface area (Å²) in [5.74, 6) is -0.555. The minimum atomic E-state index is -0.887. The minimum absolute atomic E-state index is 0.0289. The van der Waals surface area contributed by atoms with Crippen LogP contribution in [0.5, 0.6) is 0 Å². The van der Waals surface area contributed by atoms with E-state index in [1.807, 2.05) is 0 Å². The van der Waals surface area contributed by atoms with Crippen molar-refractivity contribution in [3.05, 3.63) is 0 Å². The number of ketones is 1. The van der Waals surface area contributed by atoms with Crippen LogP contribution in [0.1, 0.15) is 19.3 Å². The molecule has 0 aromatic carbocycles. The van der Waals surface area contributed by atoms with Crippen molar-refractivity contribution in [1.82, 2.24) is 0 Å². The number of fused-ring (bicyclic) bond motifs is 1. The van der Waals surface area contributed by atoms with Gasteiger partial charge in [-0.1, -0.05) is 0 Å². The standard InChI is InChI=1S/C10H14O4/c1-14-9(13)10(5-11)6-3-2-4-7(12)8(6)10/h6,8,11H,2-5H2,1H3/t6-,8-,10-/m1/s1. The van der Waals surface area contributed by atoms with Crippen LogP contribution >= 0.6 is 0 Å². The summed E-state index contributed by atoms with van der Waals surface area (Å²) in [6.07, 6.45) is 2.23. The highest BCUT2D eigenvalue weighted by Gasteiger charge is 2.73. The molecule has 0 spiro atoms. The third-order valence-electron chi connectivity index (χ3n) is 3.62. The Balaban J connectivity index is 2.24. The summed E-state index contributed by atoms with van der Waals surface area (Å²) in [4.78, 5) is 23.0. The number of carbonyl (C=O) groups excluding carboxylic acids is 2. The molecule has 2 aliphatic carbocycles. The highest BCUT2D eigenvalue weighted by atomic mass is 16.5. The first kappa shape index (κ1) is 9.65. The fraction of sp³-hybridized carbons (Fsp3) is 0.800. The number of rotatable bonds is 2. The summed E-state index contributed by atoms with van der Waals surface area (Å²) in [5, 5.41) is 9.25. The average molecular weight is 198 g/mol. The summed E-state index contributed by atoms with van der Waals surface area (Å²) < 4.78 is 4.66. The Bertz CT molecular complexity index is 286. The minimum Gasteiger partial charge on any atom is -0.468 e. The molecule has 2 aliphatic rings. The maximum Gasteiger partial charge on any atom is 0.315 e. The normalized spacial score (nSPS) is 40.3. The van der Waals surface area contributed by atoms with Crippen LogP contribution in [0.2, 0.25) is 0 Å². The van der Waals surface area contributed by atoms with E-state index in [-0.39, 0.29) is 24.2 Å². The van der Waals surface area contributed by atoms with Gasteiger partial charge in [-0.3, -0.25) is 9.59 Å². The van der Waals surface area contributed by atoms with Gasteiger partial charge in [0.15, 0.2) is 0 Å². The smallest absolute Gasteiger partial charge is 0.315 e. The molecule has 0 unspecified atom stereocenters. The highest BCUT2D eigenvalue weighted by Crippen LogP contribution is 2.64. The van der Waals surface area contributed by atoms with Gasteiger partial charge in [-0.15, -0.1) is 0 Å². The zero-order valence-corrected chi connectivity index (χ0v) is 8.16. The van der Waals surface area contributed by atoms with Crippen LogP contribution in [-0.2, 0) is 14.3 Å². The van der Waals surface area contributed by atoms with Crippen LogP contribution in [0.25, 0.3) is 0 Å². The number of methoxy groups -OCH3 is 1. The number of Topliss-reactive ketones (excluding diaryl/α,β-unsaturated/α-hetero) is 1. The molecule has 0 radical (unpaired) electrons. The van der Waals surface area contributed by atoms with Gasteiger partial charge in [0.25, 0.3) is 0 Å². The third kappa shape index (κ3) is 0.974. The molecule has 1 N–H and O–H groups in total. The molecular formula is C10H14O4. The zero-order chi connectivity index (χ0) is 10.3. The number of aliphatic hydroxyl groups excluding tert-OH is 1. The number of aliphatic hydroxyl groups is 1. The van der Waals surface area contributed by atoms with Crippen LogP contribution in [0.15, 0.2) is 0 Å². The van der Waals surface area contributed by atoms with Crippen LogP contribution in [0, 0.1) is 17.3 Å². The first-order valence-electron chi connectivity index (χ1n) is 4.90. The van der Waals surface area contributed by atoms with E-state index >= 15 is 0 Å². The fourth-order valence-electron chi connectivity index (χ4n) is 2.85. The zero-order valence-electron chi connectivity index (χ0n) is 8.16. The molecule has 4 nitrogen and oxygen atoms in total. The van der Waals surface area contributed by atoms with Gasteiger partial charge in [-0.05, 0) is 18.8 Å². The summed E-state index contributed by atoms with van der Waals surface area (Å²) in [6, 6.07) is 0. The summed E-state index contributed by atoms with van der Waals surface area (Å²) >= 11 is 0. The second-order valence-corrected chi connectivity index (χ2v) is 4.13. The van der Waals surface area contributed by atoms with Gasteiger partial charge in [-0.25, -0.2) is 0 Å². The van der Waals surface area contributed by atoms with E-state index in [0.29, 0.717) is 6.42 Å². The van der Waals surface area contributed by atoms with Crippen LogP contribution in [0.3, 0.4) is 0 Å². The predicted octanol–water partition coefficient (Wildman–Crippen LogP) is 0.137. The maximum atomic E-state index is 11.5. The van der Waals surface area contributed by atoms with E-state index in [0.717, 1.165) is 12.8 Å². The molecule has 2 saturated carbocycles. The van der Waals surface area contributed by atoms with Gasteiger partial charge in [0.1, 0.15) is 11.2 Å². The second-order valence-electron chi connectivity index (χ2n) is 4.13. The van der Waals surface area contributed by atoms with Crippen molar-refractivity contribution >= 4 is 11.8 Å². The lowest BCUT2D eigenvalue weighted by Crippen LogP contribution is -2.26. The quantitative estimate of drug-likeness (QED) is 0.641. The molecule has 0 bridgehead atoms. The van der Waals surface area contributed by atoms with Gasteiger partial charge in [0, 0.05) is 12.3 Å². The molecule has 0 aromatic heterocycles. The molecule has 3 atom stereocenters. The number of carbonyl (C=O) groups is 2. The predicted molar refractivity (Wildman–Crippen MR) is 47.4 cm³/mol. The monoisotopic (exact) mass is 198 g/mol. The van der Waals surface area contributed by atoms with Crippen molar-refractivity contribution in [3.63, 3.8) is 0 Å². The number of esters is 1. The van der Waals surface area contributed by atoms with Crippen LogP contribution in [-0.4, -0.2) is 30.6 Å². The van der Waals surface area contributed by atoms with Crippen molar-refractivity contribution in [2.75, 3.05) is 13.7 Å². The Morgan fingerprint density at radius 3 is 2.93 bits per heavy atom. The Morgan fingerprint density at radius 1 is 1.71 bits per heavy atom. The van der Waals surface area contributed by atoms with Crippen molar-refractivity contribution in [2.24, 2.45) is 17.3 Å². The lowest BCUT2D eigenvalue weighted by Gasteiger charge is -2.10. The Labute approximate surface area is 82.2 Å². The summed E-state index contributed by atoms with van der Waals surface area (Å²) in [6.45, 7) is -0.263. The second kappa shape index (κ2) is 3.05. The molecule has 0 aliphatic heterocycles. The lowest BCUT2D eigenvalue weighted by molar-refractivity contribution is -0.151. The molecule has 0 heterocycles. The molecule has 0 saturated heterocycles. The molecule has 0 aromatic rings. The maximum absolute atomic E-state index is 11.5. The van der Waals surface area contributed by atoms with E-state index in [1.54, 1.807) is 0 Å². The number of hydrogen-bond donors (Lipinski definition) is 1. The third-order valence-corrected chi connectivity index (χ3v) is 3.62. The van der Waals surface area contributed by atoms with Gasteiger partial charge in [0.05, 0.1) is 13.7 Å². The van der Waals surface area contributed by atoms with E-state index in [9.17, 15) is 14.7 Å². The molecule has 78 valence electrons. The van der Waals surface area contributed by atoms with Gasteiger partial charge in [0.2, 0.25) is 0 Å². The Hall–Kier alpha value is -0.900. The topological polar surface area (TPSA) is 63.6 Å². The first-order valence-corrected chi connectivity index (χ1v) is 4.90. The van der Waals surface area contributed by atoms with Crippen molar-refractivity contribution in [2.45, 2.75) is 19.3 Å². The van der Waals surface area contributed by atoms with Gasteiger partial charge >= 0.3 is 5.97 Å². The van der Waals surface area contributed by atoms with Crippen molar-refractivity contribution in [1.29, 1.82) is 0 Å². The molecule has 0 amide bonds. The van der Waals surface area contributed by atoms with Crippen LogP contribution < -0.4 is 0 Å². The van der Waals surface area contributed by atoms with E-state index in [2.05, 4.69) is 4.74 Å². The molecule has 2 fully saturated rings. The Kier molecular flexibility index (Phi) is 2.10.